The number of hydrogen-bond acceptors (Lipinski definition) is 4. The first-order valence-corrected chi connectivity index (χ1v) is 7.54. The van der Waals surface area contributed by atoms with E-state index in [4.69, 9.17) is 11.6 Å². The second-order valence-electron chi connectivity index (χ2n) is 4.38. The molecule has 1 aromatic heterocycles. The van der Waals surface area contributed by atoms with Crippen LogP contribution in [0.4, 0.5) is 5.82 Å². The van der Waals surface area contributed by atoms with Crippen molar-refractivity contribution in [1.82, 2.24) is 9.97 Å². The van der Waals surface area contributed by atoms with Gasteiger partial charge in [0.25, 0.3) is 0 Å². The molecule has 2 aromatic rings. The summed E-state index contributed by atoms with van der Waals surface area (Å²) in [4.78, 5) is 11.1. The summed E-state index contributed by atoms with van der Waals surface area (Å²) in [6.45, 7) is 4.16. The largest absolute Gasteiger partial charge is 0.354 e. The summed E-state index contributed by atoms with van der Waals surface area (Å²) in [5.41, 5.74) is 2.14. The molecular weight excluding hydrogens is 266 g/mol. The maximum Gasteiger partial charge on any atom is 0.224 e. The summed E-state index contributed by atoms with van der Waals surface area (Å²) in [5.74, 6) is 3.28. The van der Waals surface area contributed by atoms with Crippen molar-refractivity contribution < 1.29 is 0 Å². The number of thioether (sulfide) groups is 1. The fourth-order valence-corrected chi connectivity index (χ4v) is 3.38. The molecule has 94 valence electrons. The van der Waals surface area contributed by atoms with E-state index >= 15 is 0 Å². The number of nitrogens with zero attached hydrogens (tertiary/aromatic N) is 3. The van der Waals surface area contributed by atoms with Gasteiger partial charge in [-0.3, -0.25) is 0 Å². The highest BCUT2D eigenvalue weighted by Crippen LogP contribution is 2.29. The molecule has 0 unspecified atom stereocenters. The Bertz CT molecular complexity index is 582. The van der Waals surface area contributed by atoms with Gasteiger partial charge in [0, 0.05) is 30.0 Å². The molecule has 0 amide bonds. The van der Waals surface area contributed by atoms with Crippen LogP contribution in [0.2, 0.25) is 5.28 Å². The molecule has 0 bridgehead atoms. The number of rotatable bonds is 1. The Morgan fingerprint density at radius 3 is 2.78 bits per heavy atom. The number of hydrogen-bond donors (Lipinski definition) is 0. The van der Waals surface area contributed by atoms with Gasteiger partial charge in [-0.1, -0.05) is 12.1 Å². The normalized spacial score (nSPS) is 16.2. The van der Waals surface area contributed by atoms with Gasteiger partial charge in [-0.15, -0.1) is 0 Å². The van der Waals surface area contributed by atoms with Crippen molar-refractivity contribution in [2.75, 3.05) is 29.5 Å². The number of aromatic nitrogens is 2. The average Bonchev–Trinajstić information content (AvgIpc) is 2.39. The van der Waals surface area contributed by atoms with E-state index in [1.165, 1.54) is 5.56 Å². The molecule has 3 nitrogen and oxygen atoms in total. The van der Waals surface area contributed by atoms with Crippen molar-refractivity contribution >= 4 is 40.1 Å². The van der Waals surface area contributed by atoms with Crippen LogP contribution in [-0.4, -0.2) is 34.6 Å². The zero-order valence-corrected chi connectivity index (χ0v) is 11.8. The summed E-state index contributed by atoms with van der Waals surface area (Å²) in [6, 6.07) is 6.11. The van der Waals surface area contributed by atoms with Gasteiger partial charge in [0.05, 0.1) is 5.52 Å². The maximum absolute atomic E-state index is 6.04. The molecule has 0 atom stereocenters. The minimum absolute atomic E-state index is 0.335. The molecule has 0 saturated carbocycles. The molecule has 1 fully saturated rings. The predicted molar refractivity (Wildman–Crippen MR) is 78.8 cm³/mol. The number of halogens is 1. The molecule has 1 aliphatic heterocycles. The van der Waals surface area contributed by atoms with Gasteiger partial charge in [-0.25, -0.2) is 4.98 Å². The van der Waals surface area contributed by atoms with Crippen LogP contribution < -0.4 is 4.90 Å². The Morgan fingerprint density at radius 1 is 1.22 bits per heavy atom. The summed E-state index contributed by atoms with van der Waals surface area (Å²) in [6.07, 6.45) is 0. The highest BCUT2D eigenvalue weighted by atomic mass is 35.5. The minimum Gasteiger partial charge on any atom is -0.354 e. The standard InChI is InChI=1S/C13H14ClN3S/c1-9-3-2-4-10-11(9)12(16-13(14)15-10)17-5-7-18-8-6-17/h2-4H,5-8H2,1H3. The molecule has 0 spiro atoms. The van der Waals surface area contributed by atoms with E-state index in [9.17, 15) is 0 Å². The Hall–Kier alpha value is -1.00. The highest BCUT2D eigenvalue weighted by Gasteiger charge is 2.17. The van der Waals surface area contributed by atoms with E-state index < -0.39 is 0 Å². The SMILES string of the molecule is Cc1cccc2nc(Cl)nc(N3CCSCC3)c12. The van der Waals surface area contributed by atoms with E-state index in [-0.39, 0.29) is 0 Å². The lowest BCUT2D eigenvalue weighted by Gasteiger charge is -2.28. The second-order valence-corrected chi connectivity index (χ2v) is 5.95. The van der Waals surface area contributed by atoms with Crippen molar-refractivity contribution in [3.05, 3.63) is 29.0 Å². The first-order chi connectivity index (χ1) is 8.75. The summed E-state index contributed by atoms with van der Waals surface area (Å²) in [7, 11) is 0. The van der Waals surface area contributed by atoms with E-state index in [1.807, 2.05) is 23.9 Å². The summed E-state index contributed by atoms with van der Waals surface area (Å²) in [5, 5.41) is 1.47. The van der Waals surface area contributed by atoms with E-state index in [0.29, 0.717) is 5.28 Å². The summed E-state index contributed by atoms with van der Waals surface area (Å²) >= 11 is 8.03. The smallest absolute Gasteiger partial charge is 0.224 e. The molecule has 3 rings (SSSR count). The lowest BCUT2D eigenvalue weighted by molar-refractivity contribution is 0.841. The van der Waals surface area contributed by atoms with Crippen LogP contribution in [0.1, 0.15) is 5.56 Å². The molecule has 18 heavy (non-hydrogen) atoms. The highest BCUT2D eigenvalue weighted by molar-refractivity contribution is 7.99. The zero-order valence-electron chi connectivity index (χ0n) is 10.2. The Balaban J connectivity index is 2.19. The predicted octanol–water partition coefficient (Wildman–Crippen LogP) is 3.14. The molecule has 0 radical (unpaired) electrons. The van der Waals surface area contributed by atoms with Gasteiger partial charge in [0.2, 0.25) is 5.28 Å². The van der Waals surface area contributed by atoms with Crippen molar-refractivity contribution in [3.63, 3.8) is 0 Å². The van der Waals surface area contributed by atoms with Crippen LogP contribution in [0.3, 0.4) is 0 Å². The minimum atomic E-state index is 0.335. The maximum atomic E-state index is 6.04. The van der Waals surface area contributed by atoms with Gasteiger partial charge in [-0.2, -0.15) is 16.7 Å². The number of anilines is 1. The van der Waals surface area contributed by atoms with E-state index in [0.717, 1.165) is 41.3 Å². The Labute approximate surface area is 116 Å². The van der Waals surface area contributed by atoms with Gasteiger partial charge in [-0.05, 0) is 30.2 Å². The van der Waals surface area contributed by atoms with Crippen molar-refractivity contribution in [2.24, 2.45) is 0 Å². The molecule has 0 aliphatic carbocycles. The molecule has 0 N–H and O–H groups in total. The fourth-order valence-electron chi connectivity index (χ4n) is 2.31. The number of fused-ring (bicyclic) bond motifs is 1. The van der Waals surface area contributed by atoms with Crippen LogP contribution >= 0.6 is 23.4 Å². The summed E-state index contributed by atoms with van der Waals surface area (Å²) < 4.78 is 0. The van der Waals surface area contributed by atoms with Gasteiger partial charge >= 0.3 is 0 Å². The number of aryl methyl sites for hydroxylation is 1. The molecule has 1 saturated heterocycles. The van der Waals surface area contributed by atoms with Crippen LogP contribution in [0, 0.1) is 6.92 Å². The third-order valence-electron chi connectivity index (χ3n) is 3.20. The Morgan fingerprint density at radius 2 is 2.00 bits per heavy atom. The molecular formula is C13H14ClN3S. The third kappa shape index (κ3) is 2.15. The molecule has 2 heterocycles. The van der Waals surface area contributed by atoms with Gasteiger partial charge in [0.1, 0.15) is 5.82 Å². The van der Waals surface area contributed by atoms with Crippen molar-refractivity contribution in [1.29, 1.82) is 0 Å². The lowest BCUT2D eigenvalue weighted by Crippen LogP contribution is -2.33. The van der Waals surface area contributed by atoms with Crippen molar-refractivity contribution in [3.8, 4) is 0 Å². The van der Waals surface area contributed by atoms with Gasteiger partial charge in [0.15, 0.2) is 0 Å². The molecule has 1 aliphatic rings. The monoisotopic (exact) mass is 279 g/mol. The van der Waals surface area contributed by atoms with Crippen molar-refractivity contribution in [2.45, 2.75) is 6.92 Å². The third-order valence-corrected chi connectivity index (χ3v) is 4.31. The zero-order chi connectivity index (χ0) is 12.5. The topological polar surface area (TPSA) is 29.0 Å². The van der Waals surface area contributed by atoms with Crippen LogP contribution in [0.25, 0.3) is 10.9 Å². The van der Waals surface area contributed by atoms with Crippen LogP contribution in [-0.2, 0) is 0 Å². The molecule has 1 aromatic carbocycles. The van der Waals surface area contributed by atoms with E-state index in [1.54, 1.807) is 0 Å². The second kappa shape index (κ2) is 4.94. The molecule has 5 heteroatoms. The van der Waals surface area contributed by atoms with Gasteiger partial charge < -0.3 is 4.90 Å². The first kappa shape index (κ1) is 12.1. The van der Waals surface area contributed by atoms with Crippen LogP contribution in [0.5, 0.6) is 0 Å². The quantitative estimate of drug-likeness (QED) is 0.750. The average molecular weight is 280 g/mol. The fraction of sp³-hybridized carbons (Fsp3) is 0.385. The van der Waals surface area contributed by atoms with E-state index in [2.05, 4.69) is 27.9 Å². The number of benzene rings is 1. The Kier molecular flexibility index (Phi) is 3.31. The van der Waals surface area contributed by atoms with Crippen LogP contribution in [0.15, 0.2) is 18.2 Å². The first-order valence-electron chi connectivity index (χ1n) is 6.01. The lowest BCUT2D eigenvalue weighted by atomic mass is 10.1.